The number of carbonyl (C=O) groups excluding carboxylic acids is 2. The number of ketones is 1. The van der Waals surface area contributed by atoms with E-state index in [1.54, 1.807) is 0 Å². The molecule has 0 aliphatic heterocycles. The summed E-state index contributed by atoms with van der Waals surface area (Å²) in [6, 6.07) is -0.645. The SMILES string of the molecule is C=CC(O[C]=O)C(=O)[C@@H](N)CCCCN. The van der Waals surface area contributed by atoms with Crippen molar-refractivity contribution in [1.29, 1.82) is 0 Å². The van der Waals surface area contributed by atoms with Gasteiger partial charge in [0.25, 0.3) is 0 Å². The molecule has 0 fully saturated rings. The lowest BCUT2D eigenvalue weighted by atomic mass is 10.0. The Bertz CT molecular complexity index is 219. The number of unbranched alkanes of at least 4 members (excludes halogenated alkanes) is 1. The first kappa shape index (κ1) is 13.8. The smallest absolute Gasteiger partial charge is 0.418 e. The highest BCUT2D eigenvalue weighted by molar-refractivity contribution is 5.90. The van der Waals surface area contributed by atoms with Gasteiger partial charge in [0.2, 0.25) is 0 Å². The van der Waals surface area contributed by atoms with E-state index in [-0.39, 0.29) is 5.78 Å². The first-order valence-electron chi connectivity index (χ1n) is 4.82. The fourth-order valence-corrected chi connectivity index (χ4v) is 1.14. The van der Waals surface area contributed by atoms with Crippen LogP contribution in [0.25, 0.3) is 0 Å². The van der Waals surface area contributed by atoms with Gasteiger partial charge in [0.15, 0.2) is 11.9 Å². The van der Waals surface area contributed by atoms with Crippen LogP contribution in [0.4, 0.5) is 0 Å². The summed E-state index contributed by atoms with van der Waals surface area (Å²) in [6.45, 7) is 5.16. The van der Waals surface area contributed by atoms with Crippen LogP contribution < -0.4 is 11.5 Å². The lowest BCUT2D eigenvalue weighted by Gasteiger charge is -2.14. The normalized spacial score (nSPS) is 14.0. The van der Waals surface area contributed by atoms with Gasteiger partial charge < -0.3 is 16.2 Å². The molecule has 85 valence electrons. The van der Waals surface area contributed by atoms with Crippen molar-refractivity contribution >= 4 is 12.3 Å². The molecule has 1 unspecified atom stereocenters. The largest absolute Gasteiger partial charge is 0.442 e. The number of nitrogens with two attached hydrogens (primary N) is 2. The van der Waals surface area contributed by atoms with Crippen molar-refractivity contribution in [2.45, 2.75) is 31.4 Å². The zero-order chi connectivity index (χ0) is 11.7. The number of hydrogen-bond donors (Lipinski definition) is 2. The van der Waals surface area contributed by atoms with Crippen LogP contribution in [-0.4, -0.2) is 30.9 Å². The van der Waals surface area contributed by atoms with Crippen LogP contribution in [0.5, 0.6) is 0 Å². The number of hydrogen-bond acceptors (Lipinski definition) is 5. The zero-order valence-corrected chi connectivity index (χ0v) is 8.65. The third-order valence-corrected chi connectivity index (χ3v) is 2.00. The minimum atomic E-state index is -0.990. The predicted molar refractivity (Wildman–Crippen MR) is 56.7 cm³/mol. The molecular formula is C10H17N2O3. The maximum absolute atomic E-state index is 11.5. The highest BCUT2D eigenvalue weighted by atomic mass is 16.5. The van der Waals surface area contributed by atoms with Gasteiger partial charge >= 0.3 is 6.47 Å². The third-order valence-electron chi connectivity index (χ3n) is 2.00. The summed E-state index contributed by atoms with van der Waals surface area (Å²) in [4.78, 5) is 21.5. The summed E-state index contributed by atoms with van der Waals surface area (Å²) in [5, 5.41) is 0. The number of ether oxygens (including phenoxy) is 1. The zero-order valence-electron chi connectivity index (χ0n) is 8.65. The molecule has 0 rings (SSSR count). The van der Waals surface area contributed by atoms with Gasteiger partial charge in [0, 0.05) is 0 Å². The van der Waals surface area contributed by atoms with Crippen LogP contribution in [0.2, 0.25) is 0 Å². The number of carbonyl (C=O) groups is 1. The molecule has 5 heteroatoms. The van der Waals surface area contributed by atoms with Gasteiger partial charge in [-0.25, -0.2) is 4.79 Å². The first-order valence-corrected chi connectivity index (χ1v) is 4.82. The monoisotopic (exact) mass is 213 g/mol. The highest BCUT2D eigenvalue weighted by Gasteiger charge is 2.22. The topological polar surface area (TPSA) is 95.4 Å². The molecule has 0 aromatic rings. The van der Waals surface area contributed by atoms with Crippen molar-refractivity contribution in [1.82, 2.24) is 0 Å². The fraction of sp³-hybridized carbons (Fsp3) is 0.600. The summed E-state index contributed by atoms with van der Waals surface area (Å²) in [6.07, 6.45) is 2.37. The summed E-state index contributed by atoms with van der Waals surface area (Å²) >= 11 is 0. The van der Waals surface area contributed by atoms with Crippen molar-refractivity contribution in [2.75, 3.05) is 6.54 Å². The van der Waals surface area contributed by atoms with E-state index in [2.05, 4.69) is 11.3 Å². The first-order chi connectivity index (χ1) is 7.17. The average molecular weight is 213 g/mol. The molecule has 1 radical (unpaired) electrons. The molecule has 0 saturated carbocycles. The molecule has 4 N–H and O–H groups in total. The Hall–Kier alpha value is -1.20. The van der Waals surface area contributed by atoms with Crippen molar-refractivity contribution in [3.63, 3.8) is 0 Å². The standard InChI is InChI=1S/C10H17N2O3/c1-2-9(15-7-13)10(14)8(12)5-3-4-6-11/h2,8-9H,1,3-6,11-12H2/t8-,9?/m0/s1. The van der Waals surface area contributed by atoms with Crippen molar-refractivity contribution in [3.05, 3.63) is 12.7 Å². The van der Waals surface area contributed by atoms with Gasteiger partial charge in [-0.05, 0) is 25.5 Å². The van der Waals surface area contributed by atoms with Crippen molar-refractivity contribution < 1.29 is 14.3 Å². The van der Waals surface area contributed by atoms with Gasteiger partial charge in [-0.3, -0.25) is 4.79 Å². The van der Waals surface area contributed by atoms with Gasteiger partial charge in [-0.1, -0.05) is 13.0 Å². The molecule has 0 aliphatic rings. The Morgan fingerprint density at radius 1 is 1.53 bits per heavy atom. The fourth-order valence-electron chi connectivity index (χ4n) is 1.14. The van der Waals surface area contributed by atoms with Gasteiger partial charge in [0.05, 0.1) is 6.04 Å². The highest BCUT2D eigenvalue weighted by Crippen LogP contribution is 2.04. The summed E-state index contributed by atoms with van der Waals surface area (Å²) in [7, 11) is 0. The van der Waals surface area contributed by atoms with Gasteiger partial charge in [-0.2, -0.15) is 0 Å². The lowest BCUT2D eigenvalue weighted by molar-refractivity contribution is -0.125. The molecule has 0 heterocycles. The Morgan fingerprint density at radius 2 is 2.20 bits per heavy atom. The minimum Gasteiger partial charge on any atom is -0.442 e. The number of Topliss-reactive ketones (excluding diaryl/α,β-unsaturated/α-hetero) is 1. The molecule has 0 bridgehead atoms. The van der Waals surface area contributed by atoms with Crippen LogP contribution >= 0.6 is 0 Å². The van der Waals surface area contributed by atoms with Gasteiger partial charge in [-0.15, -0.1) is 0 Å². The van der Waals surface area contributed by atoms with Crippen LogP contribution in [-0.2, 0) is 14.3 Å². The summed E-state index contributed by atoms with van der Waals surface area (Å²) < 4.78 is 4.40. The molecular weight excluding hydrogens is 196 g/mol. The predicted octanol–water partition coefficient (Wildman–Crippen LogP) is -0.350. The maximum Gasteiger partial charge on any atom is 0.418 e. The quantitative estimate of drug-likeness (QED) is 0.403. The van der Waals surface area contributed by atoms with Crippen LogP contribution in [0.1, 0.15) is 19.3 Å². The maximum atomic E-state index is 11.5. The van der Waals surface area contributed by atoms with Crippen LogP contribution in [0.15, 0.2) is 12.7 Å². The van der Waals surface area contributed by atoms with E-state index in [9.17, 15) is 9.59 Å². The number of rotatable bonds is 9. The molecule has 2 atom stereocenters. The van der Waals surface area contributed by atoms with E-state index in [4.69, 9.17) is 11.5 Å². The van der Waals surface area contributed by atoms with Crippen molar-refractivity contribution in [3.8, 4) is 0 Å². The van der Waals surface area contributed by atoms with E-state index >= 15 is 0 Å². The minimum absolute atomic E-state index is 0.356. The Balaban J connectivity index is 4.03. The molecule has 15 heavy (non-hydrogen) atoms. The summed E-state index contributed by atoms with van der Waals surface area (Å²) in [5.74, 6) is -0.356. The Morgan fingerprint density at radius 3 is 2.67 bits per heavy atom. The van der Waals surface area contributed by atoms with Crippen LogP contribution in [0.3, 0.4) is 0 Å². The second kappa shape index (κ2) is 8.14. The molecule has 5 nitrogen and oxygen atoms in total. The Labute approximate surface area is 89.5 Å². The lowest BCUT2D eigenvalue weighted by Crippen LogP contribution is -2.38. The molecule has 0 aliphatic carbocycles. The van der Waals surface area contributed by atoms with E-state index in [0.29, 0.717) is 13.0 Å². The third kappa shape index (κ3) is 5.29. The summed E-state index contributed by atoms with van der Waals surface area (Å²) in [5.41, 5.74) is 10.9. The second-order valence-corrected chi connectivity index (χ2v) is 3.15. The molecule has 0 amide bonds. The molecule has 0 aromatic carbocycles. The van der Waals surface area contributed by atoms with E-state index in [1.807, 2.05) is 0 Å². The Kier molecular flexibility index (Phi) is 7.49. The van der Waals surface area contributed by atoms with Gasteiger partial charge in [0.1, 0.15) is 0 Å². The van der Waals surface area contributed by atoms with Crippen molar-refractivity contribution in [2.24, 2.45) is 11.5 Å². The molecule has 0 aromatic heterocycles. The molecule has 0 saturated heterocycles. The van der Waals surface area contributed by atoms with E-state index in [0.717, 1.165) is 12.8 Å². The van der Waals surface area contributed by atoms with E-state index < -0.39 is 12.1 Å². The van der Waals surface area contributed by atoms with Crippen LogP contribution in [0, 0.1) is 0 Å². The van der Waals surface area contributed by atoms with E-state index in [1.165, 1.54) is 12.5 Å². The average Bonchev–Trinajstić information content (AvgIpc) is 2.25. The second-order valence-electron chi connectivity index (χ2n) is 3.15. The molecule has 0 spiro atoms.